The molecule has 88 valence electrons. The van der Waals surface area contributed by atoms with Crippen LogP contribution in [0.4, 0.5) is 0 Å². The second kappa shape index (κ2) is 4.85. The Kier molecular flexibility index (Phi) is 3.85. The molecule has 1 saturated heterocycles. The minimum Gasteiger partial charge on any atom is -0.374 e. The maximum atomic E-state index is 6.02. The van der Waals surface area contributed by atoms with E-state index in [0.29, 0.717) is 10.0 Å². The first-order chi connectivity index (χ1) is 7.53. The van der Waals surface area contributed by atoms with E-state index < -0.39 is 0 Å². The SMILES string of the molecule is CC1(C(Br)c2ccc(Cl)c(Cl)c2)CCCO1. The molecular formula is C12H13BrCl2O. The third-order valence-electron chi connectivity index (χ3n) is 3.02. The third kappa shape index (κ3) is 2.40. The van der Waals surface area contributed by atoms with Crippen LogP contribution in [0.5, 0.6) is 0 Å². The first-order valence-corrected chi connectivity index (χ1v) is 6.93. The van der Waals surface area contributed by atoms with E-state index in [1.54, 1.807) is 0 Å². The van der Waals surface area contributed by atoms with E-state index in [-0.39, 0.29) is 10.4 Å². The van der Waals surface area contributed by atoms with Gasteiger partial charge in [0.2, 0.25) is 0 Å². The van der Waals surface area contributed by atoms with E-state index in [2.05, 4.69) is 22.9 Å². The smallest absolute Gasteiger partial charge is 0.0820 e. The first kappa shape index (κ1) is 12.7. The summed E-state index contributed by atoms with van der Waals surface area (Å²) >= 11 is 15.6. The van der Waals surface area contributed by atoms with Crippen LogP contribution in [0.2, 0.25) is 10.0 Å². The van der Waals surface area contributed by atoms with Gasteiger partial charge in [-0.05, 0) is 37.5 Å². The van der Waals surface area contributed by atoms with E-state index in [1.807, 2.05) is 18.2 Å². The van der Waals surface area contributed by atoms with Crippen LogP contribution < -0.4 is 0 Å². The van der Waals surface area contributed by atoms with Gasteiger partial charge < -0.3 is 4.74 Å². The number of alkyl halides is 1. The van der Waals surface area contributed by atoms with Crippen LogP contribution in [0.1, 0.15) is 30.2 Å². The fraction of sp³-hybridized carbons (Fsp3) is 0.500. The van der Waals surface area contributed by atoms with Crippen molar-refractivity contribution in [1.82, 2.24) is 0 Å². The quantitative estimate of drug-likeness (QED) is 0.696. The van der Waals surface area contributed by atoms with Gasteiger partial charge in [-0.3, -0.25) is 0 Å². The van der Waals surface area contributed by atoms with Crippen molar-refractivity contribution in [3.05, 3.63) is 33.8 Å². The predicted octanol–water partition coefficient (Wildman–Crippen LogP) is 5.00. The molecule has 1 aromatic carbocycles. The summed E-state index contributed by atoms with van der Waals surface area (Å²) in [6.07, 6.45) is 2.17. The highest BCUT2D eigenvalue weighted by atomic mass is 79.9. The zero-order valence-electron chi connectivity index (χ0n) is 8.97. The lowest BCUT2D eigenvalue weighted by Gasteiger charge is -2.29. The van der Waals surface area contributed by atoms with E-state index in [1.165, 1.54) is 0 Å². The minimum absolute atomic E-state index is 0.142. The molecule has 0 radical (unpaired) electrons. The largest absolute Gasteiger partial charge is 0.374 e. The first-order valence-electron chi connectivity index (χ1n) is 5.26. The van der Waals surface area contributed by atoms with Gasteiger partial charge in [-0.15, -0.1) is 0 Å². The minimum atomic E-state index is -0.142. The second-order valence-electron chi connectivity index (χ2n) is 4.30. The molecule has 1 aliphatic heterocycles. The molecule has 1 aromatic rings. The molecule has 2 unspecified atom stereocenters. The normalized spacial score (nSPS) is 27.0. The summed E-state index contributed by atoms with van der Waals surface area (Å²) in [4.78, 5) is 0.150. The highest BCUT2D eigenvalue weighted by Gasteiger charge is 2.37. The third-order valence-corrected chi connectivity index (χ3v) is 5.26. The number of hydrogen-bond acceptors (Lipinski definition) is 1. The average molecular weight is 324 g/mol. The zero-order valence-corrected chi connectivity index (χ0v) is 12.1. The van der Waals surface area contributed by atoms with Gasteiger partial charge in [-0.25, -0.2) is 0 Å². The summed E-state index contributed by atoms with van der Waals surface area (Å²) in [5.41, 5.74) is 0.968. The fourth-order valence-electron chi connectivity index (χ4n) is 2.02. The lowest BCUT2D eigenvalue weighted by Crippen LogP contribution is -2.28. The van der Waals surface area contributed by atoms with Crippen LogP contribution in [-0.2, 0) is 4.74 Å². The van der Waals surface area contributed by atoms with Crippen LogP contribution in [0.3, 0.4) is 0 Å². The van der Waals surface area contributed by atoms with E-state index in [9.17, 15) is 0 Å². The molecule has 0 saturated carbocycles. The number of rotatable bonds is 2. The Morgan fingerprint density at radius 2 is 2.12 bits per heavy atom. The maximum absolute atomic E-state index is 6.02. The summed E-state index contributed by atoms with van der Waals surface area (Å²) < 4.78 is 5.80. The number of halogens is 3. The molecule has 1 heterocycles. The summed E-state index contributed by atoms with van der Waals surface area (Å²) in [6.45, 7) is 2.96. The molecule has 1 fully saturated rings. The van der Waals surface area contributed by atoms with Gasteiger partial charge in [0, 0.05) is 6.61 Å². The summed E-state index contributed by atoms with van der Waals surface area (Å²) in [5, 5.41) is 1.17. The molecule has 0 spiro atoms. The van der Waals surface area contributed by atoms with E-state index in [0.717, 1.165) is 25.0 Å². The van der Waals surface area contributed by atoms with Gasteiger partial charge in [0.15, 0.2) is 0 Å². The Labute approximate surface area is 114 Å². The lowest BCUT2D eigenvalue weighted by atomic mass is 9.93. The van der Waals surface area contributed by atoms with Gasteiger partial charge in [-0.2, -0.15) is 0 Å². The molecule has 0 bridgehead atoms. The molecule has 2 atom stereocenters. The monoisotopic (exact) mass is 322 g/mol. The van der Waals surface area contributed by atoms with Crippen molar-refractivity contribution in [2.45, 2.75) is 30.2 Å². The summed E-state index contributed by atoms with van der Waals surface area (Å²) in [6, 6.07) is 5.71. The molecule has 0 N–H and O–H groups in total. The number of benzene rings is 1. The maximum Gasteiger partial charge on any atom is 0.0820 e. The van der Waals surface area contributed by atoms with Crippen LogP contribution in [-0.4, -0.2) is 12.2 Å². The van der Waals surface area contributed by atoms with Crippen LogP contribution in [0.15, 0.2) is 18.2 Å². The number of hydrogen-bond donors (Lipinski definition) is 0. The standard InChI is InChI=1S/C12H13BrCl2O/c1-12(5-2-6-16-12)11(13)8-3-4-9(14)10(15)7-8/h3-4,7,11H,2,5-6H2,1H3. The van der Waals surface area contributed by atoms with Crippen LogP contribution in [0, 0.1) is 0 Å². The van der Waals surface area contributed by atoms with Crippen LogP contribution >= 0.6 is 39.1 Å². The Morgan fingerprint density at radius 1 is 1.38 bits per heavy atom. The molecule has 4 heteroatoms. The Balaban J connectivity index is 2.26. The van der Waals surface area contributed by atoms with Crippen molar-refractivity contribution in [1.29, 1.82) is 0 Å². The summed E-state index contributed by atoms with van der Waals surface area (Å²) in [7, 11) is 0. The van der Waals surface area contributed by atoms with Gasteiger partial charge >= 0.3 is 0 Å². The van der Waals surface area contributed by atoms with Gasteiger partial charge in [0.05, 0.1) is 20.5 Å². The van der Waals surface area contributed by atoms with Gasteiger partial charge in [-0.1, -0.05) is 45.2 Å². The van der Waals surface area contributed by atoms with Crippen molar-refractivity contribution in [2.24, 2.45) is 0 Å². The Morgan fingerprint density at radius 3 is 2.69 bits per heavy atom. The van der Waals surface area contributed by atoms with Crippen molar-refractivity contribution in [2.75, 3.05) is 6.61 Å². The highest BCUT2D eigenvalue weighted by Crippen LogP contribution is 2.43. The zero-order chi connectivity index (χ0) is 11.8. The molecule has 1 aliphatic rings. The fourth-order valence-corrected chi connectivity index (χ4v) is 2.98. The molecule has 0 aromatic heterocycles. The molecule has 2 rings (SSSR count). The molecule has 1 nitrogen and oxygen atoms in total. The van der Waals surface area contributed by atoms with Crippen molar-refractivity contribution >= 4 is 39.1 Å². The Bertz CT molecular complexity index is 389. The summed E-state index contributed by atoms with van der Waals surface area (Å²) in [5.74, 6) is 0. The lowest BCUT2D eigenvalue weighted by molar-refractivity contribution is 0.0197. The molecule has 16 heavy (non-hydrogen) atoms. The Hall–Kier alpha value is 0.240. The van der Waals surface area contributed by atoms with Gasteiger partial charge in [0.1, 0.15) is 0 Å². The van der Waals surface area contributed by atoms with Crippen LogP contribution in [0.25, 0.3) is 0 Å². The van der Waals surface area contributed by atoms with Crippen molar-refractivity contribution in [3.63, 3.8) is 0 Å². The molecular weight excluding hydrogens is 311 g/mol. The van der Waals surface area contributed by atoms with Crippen molar-refractivity contribution < 1.29 is 4.74 Å². The molecule has 0 amide bonds. The van der Waals surface area contributed by atoms with Gasteiger partial charge in [0.25, 0.3) is 0 Å². The topological polar surface area (TPSA) is 9.23 Å². The van der Waals surface area contributed by atoms with Crippen molar-refractivity contribution in [3.8, 4) is 0 Å². The van der Waals surface area contributed by atoms with E-state index >= 15 is 0 Å². The number of ether oxygens (including phenoxy) is 1. The predicted molar refractivity (Wildman–Crippen MR) is 71.7 cm³/mol. The average Bonchev–Trinajstić information content (AvgIpc) is 2.70. The highest BCUT2D eigenvalue weighted by molar-refractivity contribution is 9.09. The second-order valence-corrected chi connectivity index (χ2v) is 6.03. The molecule has 0 aliphatic carbocycles. The van der Waals surface area contributed by atoms with E-state index in [4.69, 9.17) is 27.9 Å².